The van der Waals surface area contributed by atoms with E-state index in [1.54, 1.807) is 18.0 Å². The number of hydrogen-bond acceptors (Lipinski definition) is 6. The Morgan fingerprint density at radius 3 is 2.85 bits per heavy atom. The lowest BCUT2D eigenvalue weighted by molar-refractivity contribution is -0.210. The first-order valence-corrected chi connectivity index (χ1v) is 10.6. The number of thioether (sulfide) groups is 1. The Hall–Kier alpha value is -0.490. The van der Waals surface area contributed by atoms with Crippen molar-refractivity contribution >= 4 is 41.7 Å². The molecule has 0 saturated carbocycles. The van der Waals surface area contributed by atoms with Gasteiger partial charge in [0.1, 0.15) is 11.9 Å². The Kier molecular flexibility index (Phi) is 10.3. The average Bonchev–Trinajstić information content (AvgIpc) is 3.31. The van der Waals surface area contributed by atoms with Crippen LogP contribution in [0, 0.1) is 0 Å². The van der Waals surface area contributed by atoms with E-state index in [0.29, 0.717) is 26.4 Å². The van der Waals surface area contributed by atoms with E-state index < -0.39 is 5.79 Å². The third-order valence-electron chi connectivity index (χ3n) is 4.46. The van der Waals surface area contributed by atoms with Gasteiger partial charge in [0.2, 0.25) is 0 Å². The summed E-state index contributed by atoms with van der Waals surface area (Å²) in [7, 11) is 0. The normalized spacial score (nSPS) is 21.8. The zero-order chi connectivity index (χ0) is 18.1. The Labute approximate surface area is 182 Å². The lowest BCUT2D eigenvalue weighted by Crippen LogP contribution is -2.40. The number of halogens is 1. The van der Waals surface area contributed by atoms with Crippen molar-refractivity contribution in [2.24, 2.45) is 4.99 Å². The number of rotatable bonds is 8. The van der Waals surface area contributed by atoms with E-state index in [4.69, 9.17) is 23.6 Å². The molecule has 9 heteroatoms. The molecule has 1 aromatic heterocycles. The molecule has 154 valence electrons. The summed E-state index contributed by atoms with van der Waals surface area (Å²) in [6, 6.07) is 3.89. The number of furan rings is 1. The van der Waals surface area contributed by atoms with Gasteiger partial charge in [-0.1, -0.05) is 0 Å². The fraction of sp³-hybridized carbons (Fsp3) is 0.722. The largest absolute Gasteiger partial charge is 0.469 e. The third kappa shape index (κ3) is 7.45. The van der Waals surface area contributed by atoms with Gasteiger partial charge < -0.3 is 29.3 Å². The molecule has 2 fully saturated rings. The molecule has 3 rings (SSSR count). The molecule has 2 saturated heterocycles. The van der Waals surface area contributed by atoms with E-state index in [0.717, 1.165) is 49.8 Å². The van der Waals surface area contributed by atoms with Gasteiger partial charge in [-0.05, 0) is 18.4 Å². The summed E-state index contributed by atoms with van der Waals surface area (Å²) >= 11 is 1.81. The molecular weight excluding hydrogens is 481 g/mol. The number of nitrogens with one attached hydrogen (secondary N) is 2. The van der Waals surface area contributed by atoms with Crippen molar-refractivity contribution in [2.75, 3.05) is 51.5 Å². The summed E-state index contributed by atoms with van der Waals surface area (Å²) in [6.45, 7) is 4.21. The molecule has 0 aromatic carbocycles. The standard InChI is InChI=1S/C18H29N3O4S.HI/c1-26-12-8-20-17(19-7-4-15-3-2-9-23-15)21-13-16-14-24-18(25-16)5-10-22-11-6-18;/h2-3,9,16H,4-8,10-14H2,1H3,(H2,19,20,21);1H. The monoisotopic (exact) mass is 511 g/mol. The number of hydrogen-bond donors (Lipinski definition) is 2. The molecule has 1 atom stereocenters. The van der Waals surface area contributed by atoms with Crippen LogP contribution in [0.25, 0.3) is 0 Å². The highest BCUT2D eigenvalue weighted by molar-refractivity contribution is 14.0. The average molecular weight is 511 g/mol. The Balaban J connectivity index is 0.00000261. The van der Waals surface area contributed by atoms with Crippen molar-refractivity contribution in [3.63, 3.8) is 0 Å². The zero-order valence-corrected chi connectivity index (χ0v) is 18.9. The van der Waals surface area contributed by atoms with E-state index in [-0.39, 0.29) is 30.1 Å². The van der Waals surface area contributed by atoms with Crippen molar-refractivity contribution in [3.05, 3.63) is 24.2 Å². The predicted octanol–water partition coefficient (Wildman–Crippen LogP) is 2.26. The van der Waals surface area contributed by atoms with Gasteiger partial charge in [0.05, 0.1) is 32.6 Å². The highest BCUT2D eigenvalue weighted by atomic mass is 127. The lowest BCUT2D eigenvalue weighted by atomic mass is 10.1. The van der Waals surface area contributed by atoms with Crippen LogP contribution in [0.1, 0.15) is 18.6 Å². The number of aliphatic imine (C=N–C) groups is 1. The quantitative estimate of drug-likeness (QED) is 0.240. The maximum atomic E-state index is 6.15. The van der Waals surface area contributed by atoms with Crippen LogP contribution in [0.2, 0.25) is 0 Å². The summed E-state index contributed by atoms with van der Waals surface area (Å²) in [4.78, 5) is 4.69. The number of ether oxygens (including phenoxy) is 3. The van der Waals surface area contributed by atoms with Crippen molar-refractivity contribution in [3.8, 4) is 0 Å². The number of nitrogens with zero attached hydrogens (tertiary/aromatic N) is 1. The van der Waals surface area contributed by atoms with Crippen LogP contribution in [0.5, 0.6) is 0 Å². The summed E-state index contributed by atoms with van der Waals surface area (Å²) in [5, 5.41) is 6.73. The van der Waals surface area contributed by atoms with Crippen LogP contribution in [-0.2, 0) is 20.6 Å². The Morgan fingerprint density at radius 1 is 1.30 bits per heavy atom. The third-order valence-corrected chi connectivity index (χ3v) is 5.08. The highest BCUT2D eigenvalue weighted by Crippen LogP contribution is 2.33. The predicted molar refractivity (Wildman–Crippen MR) is 118 cm³/mol. The van der Waals surface area contributed by atoms with Crippen LogP contribution < -0.4 is 10.6 Å². The van der Waals surface area contributed by atoms with Crippen molar-refractivity contribution in [2.45, 2.75) is 31.2 Å². The maximum absolute atomic E-state index is 6.15. The van der Waals surface area contributed by atoms with E-state index in [1.165, 1.54) is 0 Å². The van der Waals surface area contributed by atoms with Gasteiger partial charge in [-0.25, -0.2) is 0 Å². The number of guanidine groups is 1. The van der Waals surface area contributed by atoms with E-state index in [9.17, 15) is 0 Å². The Bertz CT molecular complexity index is 553. The molecule has 1 unspecified atom stereocenters. The smallest absolute Gasteiger partial charge is 0.191 e. The van der Waals surface area contributed by atoms with Crippen molar-refractivity contribution in [1.82, 2.24) is 10.6 Å². The molecule has 3 heterocycles. The van der Waals surface area contributed by atoms with Crippen LogP contribution in [-0.4, -0.2) is 69.3 Å². The van der Waals surface area contributed by atoms with Crippen LogP contribution >= 0.6 is 35.7 Å². The van der Waals surface area contributed by atoms with Gasteiger partial charge in [-0.2, -0.15) is 11.8 Å². The van der Waals surface area contributed by atoms with Gasteiger partial charge in [-0.15, -0.1) is 24.0 Å². The second-order valence-electron chi connectivity index (χ2n) is 6.44. The molecular formula is C18H30IN3O4S. The zero-order valence-electron chi connectivity index (χ0n) is 15.8. The van der Waals surface area contributed by atoms with Gasteiger partial charge >= 0.3 is 0 Å². The van der Waals surface area contributed by atoms with Gasteiger partial charge in [0.15, 0.2) is 11.7 Å². The lowest BCUT2D eigenvalue weighted by Gasteiger charge is -2.31. The molecule has 2 aliphatic rings. The van der Waals surface area contributed by atoms with Crippen molar-refractivity contribution < 1.29 is 18.6 Å². The van der Waals surface area contributed by atoms with Crippen molar-refractivity contribution in [1.29, 1.82) is 0 Å². The minimum absolute atomic E-state index is 0. The summed E-state index contributed by atoms with van der Waals surface area (Å²) in [5.41, 5.74) is 0. The molecule has 1 spiro atoms. The van der Waals surface area contributed by atoms with Gasteiger partial charge in [-0.3, -0.25) is 4.99 Å². The summed E-state index contributed by atoms with van der Waals surface area (Å²) in [5.74, 6) is 2.36. The van der Waals surface area contributed by atoms with Gasteiger partial charge in [0, 0.05) is 38.1 Å². The fourth-order valence-corrected chi connectivity index (χ4v) is 3.36. The van der Waals surface area contributed by atoms with Crippen LogP contribution in [0.4, 0.5) is 0 Å². The molecule has 0 aliphatic carbocycles. The summed E-state index contributed by atoms with van der Waals surface area (Å²) in [6.07, 6.45) is 6.21. The molecule has 27 heavy (non-hydrogen) atoms. The van der Waals surface area contributed by atoms with E-state index >= 15 is 0 Å². The second-order valence-corrected chi connectivity index (χ2v) is 7.42. The first kappa shape index (κ1) is 22.8. The molecule has 0 bridgehead atoms. The first-order valence-electron chi connectivity index (χ1n) is 9.23. The highest BCUT2D eigenvalue weighted by Gasteiger charge is 2.42. The van der Waals surface area contributed by atoms with Crippen LogP contribution in [0.3, 0.4) is 0 Å². The van der Waals surface area contributed by atoms with E-state index in [2.05, 4.69) is 16.9 Å². The first-order chi connectivity index (χ1) is 12.8. The van der Waals surface area contributed by atoms with E-state index in [1.807, 2.05) is 12.1 Å². The minimum atomic E-state index is -0.447. The summed E-state index contributed by atoms with van der Waals surface area (Å²) < 4.78 is 22.8. The molecule has 0 amide bonds. The topological polar surface area (TPSA) is 77.3 Å². The molecule has 7 nitrogen and oxygen atoms in total. The maximum Gasteiger partial charge on any atom is 0.191 e. The molecule has 1 aromatic rings. The second kappa shape index (κ2) is 12.2. The van der Waals surface area contributed by atoms with Crippen LogP contribution in [0.15, 0.2) is 27.8 Å². The molecule has 2 N–H and O–H groups in total. The SMILES string of the molecule is CSCCNC(=NCC1COC2(CCOCC2)O1)NCCc1ccco1.I. The fourth-order valence-electron chi connectivity index (χ4n) is 3.05. The molecule has 0 radical (unpaired) electrons. The Morgan fingerprint density at radius 2 is 2.11 bits per heavy atom. The minimum Gasteiger partial charge on any atom is -0.469 e. The van der Waals surface area contributed by atoms with Gasteiger partial charge in [0.25, 0.3) is 0 Å². The molecule has 2 aliphatic heterocycles.